The monoisotopic (exact) mass is 365 g/mol. The molecule has 1 saturated carbocycles. The lowest BCUT2D eigenvalue weighted by atomic mass is 10.1. The number of hydrogen-bond acceptors (Lipinski definition) is 4. The highest BCUT2D eigenvalue weighted by Crippen LogP contribution is 2.31. The van der Waals surface area contributed by atoms with Gasteiger partial charge in [0.1, 0.15) is 12.3 Å². The first kappa shape index (κ1) is 17.5. The van der Waals surface area contributed by atoms with Crippen LogP contribution in [0.1, 0.15) is 18.4 Å². The van der Waals surface area contributed by atoms with E-state index in [0.29, 0.717) is 24.8 Å². The van der Waals surface area contributed by atoms with Crippen molar-refractivity contribution < 1.29 is 14.3 Å². The highest BCUT2D eigenvalue weighted by atomic mass is 16.5. The molecular formula is C21H23N3O3. The molecule has 2 aromatic carbocycles. The lowest BCUT2D eigenvalue weighted by Gasteiger charge is -2.31. The normalized spacial score (nSPS) is 16.1. The van der Waals surface area contributed by atoms with Crippen molar-refractivity contribution in [2.45, 2.75) is 25.4 Å². The summed E-state index contributed by atoms with van der Waals surface area (Å²) in [7, 11) is 1.65. The second kappa shape index (κ2) is 7.40. The van der Waals surface area contributed by atoms with Crippen LogP contribution in [0.4, 0.5) is 11.4 Å². The van der Waals surface area contributed by atoms with Crippen LogP contribution >= 0.6 is 0 Å². The van der Waals surface area contributed by atoms with Gasteiger partial charge in [-0.3, -0.25) is 19.4 Å². The molecule has 1 N–H and O–H groups in total. The number of anilines is 2. The standard InChI is InChI=1S/C21H23N3O3/c1-27-17-10-6-15(7-11-17)12-23(16-8-9-16)14-21(26)24-13-20(25)22-18-4-2-3-5-19(18)24/h2-7,10-11,16H,8-9,12-14H2,1H3,(H,22,25). The van der Waals surface area contributed by atoms with E-state index in [1.54, 1.807) is 12.0 Å². The van der Waals surface area contributed by atoms with Crippen LogP contribution in [0.3, 0.4) is 0 Å². The summed E-state index contributed by atoms with van der Waals surface area (Å²) in [6.07, 6.45) is 2.22. The van der Waals surface area contributed by atoms with Gasteiger partial charge in [0.15, 0.2) is 0 Å². The van der Waals surface area contributed by atoms with Crippen molar-refractivity contribution in [3.8, 4) is 5.75 Å². The second-order valence-corrected chi connectivity index (χ2v) is 7.03. The second-order valence-electron chi connectivity index (χ2n) is 7.03. The molecule has 0 aromatic heterocycles. The van der Waals surface area contributed by atoms with Crippen molar-refractivity contribution in [1.82, 2.24) is 4.90 Å². The van der Waals surface area contributed by atoms with Gasteiger partial charge in [0.05, 0.1) is 25.0 Å². The summed E-state index contributed by atoms with van der Waals surface area (Å²) < 4.78 is 5.21. The fourth-order valence-corrected chi connectivity index (χ4v) is 3.43. The van der Waals surface area contributed by atoms with Crippen LogP contribution in [-0.2, 0) is 16.1 Å². The topological polar surface area (TPSA) is 61.9 Å². The largest absolute Gasteiger partial charge is 0.497 e. The summed E-state index contributed by atoms with van der Waals surface area (Å²) in [5, 5.41) is 2.83. The molecule has 0 radical (unpaired) electrons. The Morgan fingerprint density at radius 1 is 1.19 bits per heavy atom. The summed E-state index contributed by atoms with van der Waals surface area (Å²) >= 11 is 0. The number of fused-ring (bicyclic) bond motifs is 1. The van der Waals surface area contributed by atoms with E-state index in [0.717, 1.165) is 29.8 Å². The molecule has 0 spiro atoms. The Morgan fingerprint density at radius 2 is 1.93 bits per heavy atom. The van der Waals surface area contributed by atoms with Crippen LogP contribution in [0.5, 0.6) is 5.75 Å². The minimum absolute atomic E-state index is 0.0438. The number of benzene rings is 2. The molecule has 0 unspecified atom stereocenters. The maximum Gasteiger partial charge on any atom is 0.244 e. The number of nitrogens with zero attached hydrogens (tertiary/aromatic N) is 2. The van der Waals surface area contributed by atoms with E-state index in [1.165, 1.54) is 0 Å². The van der Waals surface area contributed by atoms with Crippen LogP contribution in [0.25, 0.3) is 0 Å². The minimum atomic E-state index is -0.157. The maximum atomic E-state index is 13.0. The number of ether oxygens (including phenoxy) is 1. The number of carbonyl (C=O) groups excluding carboxylic acids is 2. The zero-order valence-electron chi connectivity index (χ0n) is 15.4. The Hall–Kier alpha value is -2.86. The average Bonchev–Trinajstić information content (AvgIpc) is 3.52. The van der Waals surface area contributed by atoms with Crippen LogP contribution in [0.2, 0.25) is 0 Å². The molecule has 1 heterocycles. The van der Waals surface area contributed by atoms with Gasteiger partial charge in [0.2, 0.25) is 11.8 Å². The number of methoxy groups -OCH3 is 1. The predicted octanol–water partition coefficient (Wildman–Crippen LogP) is 2.64. The van der Waals surface area contributed by atoms with Gasteiger partial charge < -0.3 is 10.1 Å². The fraction of sp³-hybridized carbons (Fsp3) is 0.333. The molecule has 6 nitrogen and oxygen atoms in total. The molecule has 2 aliphatic rings. The molecule has 2 amide bonds. The summed E-state index contributed by atoms with van der Waals surface area (Å²) in [5.74, 6) is 0.622. The first-order chi connectivity index (χ1) is 13.1. The summed E-state index contributed by atoms with van der Waals surface area (Å²) in [6, 6.07) is 15.8. The van der Waals surface area contributed by atoms with Gasteiger partial charge in [-0.25, -0.2) is 0 Å². The molecule has 4 rings (SSSR count). The van der Waals surface area contributed by atoms with E-state index in [-0.39, 0.29) is 18.4 Å². The summed E-state index contributed by atoms with van der Waals surface area (Å²) in [5.41, 5.74) is 2.60. The molecule has 0 bridgehead atoms. The van der Waals surface area contributed by atoms with Crippen molar-refractivity contribution in [1.29, 1.82) is 0 Å². The molecule has 1 aliphatic heterocycles. The van der Waals surface area contributed by atoms with Crippen molar-refractivity contribution in [2.75, 3.05) is 30.4 Å². The number of amides is 2. The lowest BCUT2D eigenvalue weighted by Crippen LogP contribution is -2.47. The molecule has 6 heteroatoms. The van der Waals surface area contributed by atoms with Crippen molar-refractivity contribution >= 4 is 23.2 Å². The highest BCUT2D eigenvalue weighted by molar-refractivity contribution is 6.10. The number of hydrogen-bond donors (Lipinski definition) is 1. The van der Waals surface area contributed by atoms with E-state index in [9.17, 15) is 9.59 Å². The van der Waals surface area contributed by atoms with E-state index < -0.39 is 0 Å². The SMILES string of the molecule is COc1ccc(CN(CC(=O)N2CC(=O)Nc3ccccc32)C2CC2)cc1. The Bertz CT molecular complexity index is 846. The number of para-hydroxylation sites is 2. The van der Waals surface area contributed by atoms with E-state index in [4.69, 9.17) is 4.74 Å². The van der Waals surface area contributed by atoms with E-state index in [1.807, 2.05) is 48.5 Å². The highest BCUT2D eigenvalue weighted by Gasteiger charge is 2.33. The smallest absolute Gasteiger partial charge is 0.244 e. The van der Waals surface area contributed by atoms with Crippen molar-refractivity contribution in [3.05, 3.63) is 54.1 Å². The number of carbonyl (C=O) groups is 2. The first-order valence-electron chi connectivity index (χ1n) is 9.20. The number of nitrogens with one attached hydrogen (secondary N) is 1. The third-order valence-electron chi connectivity index (χ3n) is 5.02. The zero-order valence-corrected chi connectivity index (χ0v) is 15.4. The average molecular weight is 365 g/mol. The quantitative estimate of drug-likeness (QED) is 0.855. The van der Waals surface area contributed by atoms with Gasteiger partial charge in [-0.2, -0.15) is 0 Å². The Morgan fingerprint density at radius 3 is 2.63 bits per heavy atom. The van der Waals surface area contributed by atoms with Gasteiger partial charge >= 0.3 is 0 Å². The van der Waals surface area contributed by atoms with Crippen molar-refractivity contribution in [3.63, 3.8) is 0 Å². The summed E-state index contributed by atoms with van der Waals surface area (Å²) in [6.45, 7) is 1.08. The third kappa shape index (κ3) is 3.95. The molecule has 0 saturated heterocycles. The van der Waals surface area contributed by atoms with Gasteiger partial charge in [0.25, 0.3) is 0 Å². The van der Waals surface area contributed by atoms with Gasteiger partial charge in [-0.05, 0) is 42.7 Å². The summed E-state index contributed by atoms with van der Waals surface area (Å²) in [4.78, 5) is 28.8. The molecule has 1 fully saturated rings. The molecule has 1 aliphatic carbocycles. The third-order valence-corrected chi connectivity index (χ3v) is 5.02. The minimum Gasteiger partial charge on any atom is -0.497 e. The zero-order chi connectivity index (χ0) is 18.8. The Labute approximate surface area is 158 Å². The first-order valence-corrected chi connectivity index (χ1v) is 9.20. The van der Waals surface area contributed by atoms with E-state index in [2.05, 4.69) is 10.2 Å². The lowest BCUT2D eigenvalue weighted by molar-refractivity contribution is -0.122. The van der Waals surface area contributed by atoms with Crippen LogP contribution in [-0.4, -0.2) is 43.0 Å². The van der Waals surface area contributed by atoms with Gasteiger partial charge in [0, 0.05) is 12.6 Å². The van der Waals surface area contributed by atoms with Crippen LogP contribution in [0, 0.1) is 0 Å². The molecular weight excluding hydrogens is 342 g/mol. The van der Waals surface area contributed by atoms with Crippen LogP contribution < -0.4 is 15.0 Å². The van der Waals surface area contributed by atoms with E-state index >= 15 is 0 Å². The molecule has 0 atom stereocenters. The van der Waals surface area contributed by atoms with Crippen LogP contribution in [0.15, 0.2) is 48.5 Å². The fourth-order valence-electron chi connectivity index (χ4n) is 3.43. The van der Waals surface area contributed by atoms with Gasteiger partial charge in [-0.1, -0.05) is 24.3 Å². The molecule has 140 valence electrons. The Kier molecular flexibility index (Phi) is 4.81. The van der Waals surface area contributed by atoms with Gasteiger partial charge in [-0.15, -0.1) is 0 Å². The van der Waals surface area contributed by atoms with Crippen molar-refractivity contribution in [2.24, 2.45) is 0 Å². The molecule has 2 aromatic rings. The Balaban J connectivity index is 1.49. The predicted molar refractivity (Wildman–Crippen MR) is 104 cm³/mol. The maximum absolute atomic E-state index is 13.0. The number of rotatable bonds is 6. The molecule has 27 heavy (non-hydrogen) atoms.